The van der Waals surface area contributed by atoms with Gasteiger partial charge in [-0.15, -0.1) is 0 Å². The summed E-state index contributed by atoms with van der Waals surface area (Å²) < 4.78 is 51.7. The minimum absolute atomic E-state index is 0.0828. The van der Waals surface area contributed by atoms with Crippen LogP contribution in [0.1, 0.15) is 19.3 Å². The molecule has 1 saturated carbocycles. The van der Waals surface area contributed by atoms with Crippen LogP contribution in [-0.2, 0) is 20.0 Å². The molecule has 0 aliphatic heterocycles. The van der Waals surface area contributed by atoms with Crippen LogP contribution in [0.2, 0.25) is 0 Å². The molecule has 0 radical (unpaired) electrons. The molecule has 1 fully saturated rings. The highest BCUT2D eigenvalue weighted by molar-refractivity contribution is 7.93. The average molecular weight is 346 g/mol. The van der Waals surface area contributed by atoms with Crippen LogP contribution < -0.4 is 9.03 Å². The summed E-state index contributed by atoms with van der Waals surface area (Å²) in [4.78, 5) is 0. The van der Waals surface area contributed by atoms with Gasteiger partial charge in [-0.25, -0.2) is 21.6 Å². The van der Waals surface area contributed by atoms with Crippen LogP contribution in [0.5, 0.6) is 0 Å². The predicted octanol–water partition coefficient (Wildman–Crippen LogP) is 1.17. The Labute approximate surface area is 132 Å². The highest BCUT2D eigenvalue weighted by Gasteiger charge is 2.24. The van der Waals surface area contributed by atoms with Crippen molar-refractivity contribution in [2.45, 2.75) is 19.3 Å². The number of sulfonamides is 2. The molecule has 124 valence electrons. The van der Waals surface area contributed by atoms with E-state index in [2.05, 4.69) is 4.72 Å². The zero-order valence-electron chi connectivity index (χ0n) is 12.6. The second kappa shape index (κ2) is 6.97. The molecule has 1 N–H and O–H groups in total. The van der Waals surface area contributed by atoms with Crippen LogP contribution in [-0.4, -0.2) is 41.9 Å². The number of hydrogen-bond acceptors (Lipinski definition) is 4. The minimum atomic E-state index is -3.51. The Morgan fingerprint density at radius 2 is 1.73 bits per heavy atom. The van der Waals surface area contributed by atoms with E-state index in [0.717, 1.165) is 12.8 Å². The highest BCUT2D eigenvalue weighted by atomic mass is 32.2. The van der Waals surface area contributed by atoms with Crippen molar-refractivity contribution in [1.82, 2.24) is 4.72 Å². The van der Waals surface area contributed by atoms with Crippen molar-refractivity contribution in [3.8, 4) is 0 Å². The first kappa shape index (κ1) is 17.2. The standard InChI is InChI=1S/C14H22N2O4S2/c1-16(14-6-3-2-4-7-14)22(19,20)11-5-10-21(17,18)15-12-13-8-9-13/h2-4,6-7,13,15H,5,8-12H2,1H3. The molecule has 0 saturated heterocycles. The number of anilines is 1. The van der Waals surface area contributed by atoms with Gasteiger partial charge >= 0.3 is 0 Å². The molecule has 1 aromatic carbocycles. The lowest BCUT2D eigenvalue weighted by Crippen LogP contribution is -2.32. The van der Waals surface area contributed by atoms with Gasteiger partial charge in [-0.05, 0) is 37.3 Å². The Morgan fingerprint density at radius 1 is 1.09 bits per heavy atom. The van der Waals surface area contributed by atoms with Crippen molar-refractivity contribution >= 4 is 25.7 Å². The van der Waals surface area contributed by atoms with Gasteiger partial charge in [0.1, 0.15) is 0 Å². The molecular weight excluding hydrogens is 324 g/mol. The lowest BCUT2D eigenvalue weighted by molar-refractivity contribution is 0.575. The molecule has 0 bridgehead atoms. The molecule has 22 heavy (non-hydrogen) atoms. The molecule has 1 aliphatic carbocycles. The smallest absolute Gasteiger partial charge is 0.234 e. The van der Waals surface area contributed by atoms with Gasteiger partial charge in [0.15, 0.2) is 0 Å². The van der Waals surface area contributed by atoms with Gasteiger partial charge in [-0.3, -0.25) is 4.31 Å². The van der Waals surface area contributed by atoms with Crippen LogP contribution in [0, 0.1) is 5.92 Å². The molecule has 1 aromatic rings. The van der Waals surface area contributed by atoms with E-state index in [0.29, 0.717) is 18.2 Å². The lowest BCUT2D eigenvalue weighted by Gasteiger charge is -2.19. The van der Waals surface area contributed by atoms with E-state index in [4.69, 9.17) is 0 Å². The first-order valence-electron chi connectivity index (χ1n) is 7.29. The van der Waals surface area contributed by atoms with Crippen LogP contribution in [0.4, 0.5) is 5.69 Å². The third-order valence-corrected chi connectivity index (χ3v) is 6.92. The van der Waals surface area contributed by atoms with Crippen molar-refractivity contribution < 1.29 is 16.8 Å². The van der Waals surface area contributed by atoms with E-state index in [1.54, 1.807) is 24.3 Å². The fourth-order valence-electron chi connectivity index (χ4n) is 2.01. The van der Waals surface area contributed by atoms with Gasteiger partial charge in [-0.1, -0.05) is 18.2 Å². The summed E-state index contributed by atoms with van der Waals surface area (Å²) in [7, 11) is -5.42. The van der Waals surface area contributed by atoms with E-state index in [-0.39, 0.29) is 17.9 Å². The molecule has 0 spiro atoms. The molecule has 1 aliphatic rings. The summed E-state index contributed by atoms with van der Waals surface area (Å²) in [6.45, 7) is 0.471. The van der Waals surface area contributed by atoms with E-state index in [9.17, 15) is 16.8 Å². The Kier molecular flexibility index (Phi) is 5.46. The molecular formula is C14H22N2O4S2. The Hall–Kier alpha value is -1.12. The summed E-state index contributed by atoms with van der Waals surface area (Å²) in [5.74, 6) is 0.104. The number of nitrogens with zero attached hydrogens (tertiary/aromatic N) is 1. The minimum Gasteiger partial charge on any atom is -0.273 e. The Bertz CT molecular complexity index is 683. The molecule has 0 heterocycles. The van der Waals surface area contributed by atoms with E-state index < -0.39 is 20.0 Å². The summed E-state index contributed by atoms with van der Waals surface area (Å²) in [6, 6.07) is 8.72. The molecule has 6 nitrogen and oxygen atoms in total. The molecule has 0 unspecified atom stereocenters. The first-order chi connectivity index (χ1) is 10.3. The molecule has 0 aromatic heterocycles. The van der Waals surface area contributed by atoms with Gasteiger partial charge < -0.3 is 0 Å². The molecule has 2 rings (SSSR count). The Balaban J connectivity index is 1.84. The summed E-state index contributed by atoms with van der Waals surface area (Å²) in [5, 5.41) is 0. The fourth-order valence-corrected chi connectivity index (χ4v) is 4.57. The zero-order chi connectivity index (χ0) is 16.2. The van der Waals surface area contributed by atoms with Crippen molar-refractivity contribution in [3.63, 3.8) is 0 Å². The van der Waals surface area contributed by atoms with Crippen molar-refractivity contribution in [3.05, 3.63) is 30.3 Å². The van der Waals surface area contributed by atoms with Crippen molar-refractivity contribution in [2.75, 3.05) is 29.4 Å². The SMILES string of the molecule is CN(c1ccccc1)S(=O)(=O)CCCS(=O)(=O)NCC1CC1. The molecule has 0 atom stereocenters. The normalized spacial score (nSPS) is 15.7. The number of nitrogens with one attached hydrogen (secondary N) is 1. The largest absolute Gasteiger partial charge is 0.273 e. The van der Waals surface area contributed by atoms with E-state index in [1.807, 2.05) is 6.07 Å². The molecule has 8 heteroatoms. The number of hydrogen-bond donors (Lipinski definition) is 1. The average Bonchev–Trinajstić information content (AvgIpc) is 3.29. The second-order valence-electron chi connectivity index (χ2n) is 5.58. The quantitative estimate of drug-likeness (QED) is 0.727. The van der Waals surface area contributed by atoms with Gasteiger partial charge in [0, 0.05) is 13.6 Å². The summed E-state index contributed by atoms with van der Waals surface area (Å²) in [6.07, 6.45) is 2.22. The second-order valence-corrected chi connectivity index (χ2v) is 9.63. The predicted molar refractivity (Wildman–Crippen MR) is 87.8 cm³/mol. The Morgan fingerprint density at radius 3 is 2.32 bits per heavy atom. The lowest BCUT2D eigenvalue weighted by atomic mass is 10.3. The van der Waals surface area contributed by atoms with Crippen molar-refractivity contribution in [2.24, 2.45) is 5.92 Å². The maximum absolute atomic E-state index is 12.2. The van der Waals surface area contributed by atoms with Gasteiger partial charge in [-0.2, -0.15) is 0 Å². The van der Waals surface area contributed by atoms with Crippen LogP contribution in [0.25, 0.3) is 0 Å². The first-order valence-corrected chi connectivity index (χ1v) is 10.6. The fraction of sp³-hybridized carbons (Fsp3) is 0.571. The monoisotopic (exact) mass is 346 g/mol. The van der Waals surface area contributed by atoms with Crippen LogP contribution >= 0.6 is 0 Å². The van der Waals surface area contributed by atoms with E-state index in [1.165, 1.54) is 11.4 Å². The third kappa shape index (κ3) is 5.26. The number of benzene rings is 1. The van der Waals surface area contributed by atoms with Crippen molar-refractivity contribution in [1.29, 1.82) is 0 Å². The van der Waals surface area contributed by atoms with Gasteiger partial charge in [0.2, 0.25) is 20.0 Å². The van der Waals surface area contributed by atoms with Gasteiger partial charge in [0.25, 0.3) is 0 Å². The van der Waals surface area contributed by atoms with Gasteiger partial charge in [0.05, 0.1) is 17.2 Å². The third-order valence-electron chi connectivity index (χ3n) is 3.64. The maximum atomic E-state index is 12.2. The highest BCUT2D eigenvalue weighted by Crippen LogP contribution is 2.27. The summed E-state index contributed by atoms with van der Waals surface area (Å²) >= 11 is 0. The zero-order valence-corrected chi connectivity index (χ0v) is 14.2. The van der Waals surface area contributed by atoms with Crippen LogP contribution in [0.3, 0.4) is 0 Å². The topological polar surface area (TPSA) is 83.6 Å². The number of para-hydroxylation sites is 1. The molecule has 0 amide bonds. The maximum Gasteiger partial charge on any atom is 0.234 e. The number of rotatable bonds is 9. The summed E-state index contributed by atoms with van der Waals surface area (Å²) in [5.41, 5.74) is 0.567. The van der Waals surface area contributed by atoms with E-state index >= 15 is 0 Å². The van der Waals surface area contributed by atoms with Crippen LogP contribution in [0.15, 0.2) is 30.3 Å².